The number of hydrogen-bond acceptors (Lipinski definition) is 12. The van der Waals surface area contributed by atoms with Crippen molar-refractivity contribution in [2.24, 2.45) is 41.4 Å². The van der Waals surface area contributed by atoms with Crippen LogP contribution < -0.4 is 0 Å². The van der Waals surface area contributed by atoms with E-state index in [2.05, 4.69) is 128 Å². The molecule has 0 unspecified atom stereocenters. The molecule has 0 amide bonds. The lowest BCUT2D eigenvalue weighted by Gasteiger charge is -2.64. The molecule has 1 aromatic carbocycles. The molecule has 8 bridgehead atoms. The summed E-state index contributed by atoms with van der Waals surface area (Å²) in [5, 5.41) is 0. The molecule has 0 atom stereocenters. The van der Waals surface area contributed by atoms with Crippen LogP contribution in [0.4, 0.5) is 0 Å². The van der Waals surface area contributed by atoms with Crippen molar-refractivity contribution >= 4 is 76.5 Å². The summed E-state index contributed by atoms with van der Waals surface area (Å²) in [7, 11) is -31.6. The van der Waals surface area contributed by atoms with Gasteiger partial charge in [0, 0.05) is 48.4 Å². The van der Waals surface area contributed by atoms with Crippen LogP contribution in [0.3, 0.4) is 0 Å². The van der Waals surface area contributed by atoms with Gasteiger partial charge in [0.15, 0.2) is 0 Å². The second-order valence-electron chi connectivity index (χ2n) is 20.3. The smallest absolute Gasteiger partial charge is 0.373 e. The Kier molecular flexibility index (Phi) is 14.5. The van der Waals surface area contributed by atoms with Crippen LogP contribution in [0, 0.1) is 41.4 Å². The number of benzene rings is 1. The Bertz CT molecular complexity index is 1450. The van der Waals surface area contributed by atoms with Crippen molar-refractivity contribution in [2.75, 3.05) is 0 Å². The molecule has 6 heterocycles. The van der Waals surface area contributed by atoms with Gasteiger partial charge in [0.05, 0.1) is 0 Å². The fraction of sp³-hybridized carbons (Fsp3) is 0.789. The van der Waals surface area contributed by atoms with E-state index in [-0.39, 0.29) is 41.4 Å². The SMILES string of the molecule is C=Cc1cccc(CC[Si]23O[Si]4(CC(C)C)O[Si]5(CC(C)C)O[Si](CC(C)C)(O2)O[Si]2(CC(C)C)O[Si](CC(C)C)(O3)O[Si](CC(C)C)(O4)O[Si](CC(C)C)(O5)O2)c1. The maximum atomic E-state index is 7.89. The highest BCUT2D eigenvalue weighted by Crippen LogP contribution is 2.56. The van der Waals surface area contributed by atoms with E-state index in [0.717, 1.165) is 11.1 Å². The molecule has 58 heavy (non-hydrogen) atoms. The van der Waals surface area contributed by atoms with Gasteiger partial charge < -0.3 is 49.4 Å². The molecular formula is C38H74O12Si8. The third-order valence-corrected chi connectivity index (χ3v) is 50.2. The van der Waals surface area contributed by atoms with E-state index in [9.17, 15) is 0 Å². The van der Waals surface area contributed by atoms with Crippen molar-refractivity contribution in [1.82, 2.24) is 0 Å². The summed E-state index contributed by atoms with van der Waals surface area (Å²) in [5.41, 5.74) is 2.15. The van der Waals surface area contributed by atoms with Crippen LogP contribution in [-0.2, 0) is 55.8 Å². The van der Waals surface area contributed by atoms with Crippen LogP contribution in [0.25, 0.3) is 6.08 Å². The standard InChI is InChI=1S/C38H74O12Si8/c1-16-37-18-17-19-38(22-37)20-21-51-39-52(23-30(2)3)42-55(26-33(8)9)44-53(40-51,24-31(4)5)46-57(28-35(12)13)47-54(41-51,25-32(6)7)45-56(43-52,27-34(10)11)49-58(48-55,50-57)29-36(14)15/h16-19,22,30-36H,1,20-21,23-29H2,2-15H3. The molecule has 12 nitrogen and oxygen atoms in total. The topological polar surface area (TPSA) is 111 Å². The fourth-order valence-electron chi connectivity index (χ4n) is 9.04. The molecule has 6 saturated heterocycles. The fourth-order valence-corrected chi connectivity index (χ4v) is 60.6. The van der Waals surface area contributed by atoms with E-state index < -0.39 is 70.4 Å². The predicted octanol–water partition coefficient (Wildman–Crippen LogP) is 10.2. The molecule has 20 heteroatoms. The molecule has 6 aliphatic rings. The van der Waals surface area contributed by atoms with Gasteiger partial charge in [-0.3, -0.25) is 0 Å². The van der Waals surface area contributed by atoms with E-state index in [1.165, 1.54) is 0 Å². The monoisotopic (exact) mass is 946 g/mol. The lowest BCUT2D eigenvalue weighted by Crippen LogP contribution is -2.88. The largest absolute Gasteiger partial charge is 0.479 e. The van der Waals surface area contributed by atoms with Crippen molar-refractivity contribution in [2.45, 2.75) is 152 Å². The maximum absolute atomic E-state index is 7.89. The summed E-state index contributed by atoms with van der Waals surface area (Å²) < 4.78 is 94.1. The highest BCUT2D eigenvalue weighted by atomic mass is 28.6. The van der Waals surface area contributed by atoms with Crippen LogP contribution in [-0.4, -0.2) is 70.4 Å². The van der Waals surface area contributed by atoms with E-state index in [4.69, 9.17) is 49.4 Å². The molecule has 6 fully saturated rings. The summed E-state index contributed by atoms with van der Waals surface area (Å²) >= 11 is 0. The Labute approximate surface area is 359 Å². The average molecular weight is 948 g/mol. The zero-order chi connectivity index (χ0) is 42.6. The Morgan fingerprint density at radius 2 is 0.638 bits per heavy atom. The molecule has 1 aromatic rings. The average Bonchev–Trinajstić information content (AvgIpc) is 2.97. The molecule has 0 saturated carbocycles. The third-order valence-electron chi connectivity index (χ3n) is 10.2. The molecule has 6 aliphatic heterocycles. The molecule has 0 N–H and O–H groups in total. The molecular weight excluding hydrogens is 873 g/mol. The van der Waals surface area contributed by atoms with Gasteiger partial charge in [0.2, 0.25) is 0 Å². The molecule has 0 aliphatic carbocycles. The summed E-state index contributed by atoms with van der Waals surface area (Å²) in [6.07, 6.45) is 2.47. The number of aryl methyl sites for hydroxylation is 1. The van der Waals surface area contributed by atoms with Gasteiger partial charge >= 0.3 is 70.4 Å². The van der Waals surface area contributed by atoms with Gasteiger partial charge in [-0.1, -0.05) is 134 Å². The van der Waals surface area contributed by atoms with E-state index in [1.54, 1.807) is 0 Å². The quantitative estimate of drug-likeness (QED) is 0.131. The second-order valence-corrected chi connectivity index (χ2v) is 44.4. The van der Waals surface area contributed by atoms with Gasteiger partial charge in [-0.15, -0.1) is 0 Å². The Hall–Kier alpha value is 0.215. The number of rotatable bonds is 18. The first-order valence-electron chi connectivity index (χ1n) is 22.0. The molecule has 0 spiro atoms. The van der Waals surface area contributed by atoms with E-state index in [1.807, 2.05) is 6.08 Å². The van der Waals surface area contributed by atoms with Crippen molar-refractivity contribution in [3.05, 3.63) is 42.0 Å². The first-order chi connectivity index (χ1) is 26.9. The van der Waals surface area contributed by atoms with E-state index >= 15 is 0 Å². The second kappa shape index (κ2) is 17.6. The lowest BCUT2D eigenvalue weighted by molar-refractivity contribution is -0.0340. The minimum absolute atomic E-state index is 0.112. The number of hydrogen-bond donors (Lipinski definition) is 0. The predicted molar refractivity (Wildman–Crippen MR) is 242 cm³/mol. The minimum Gasteiger partial charge on any atom is -0.373 e. The van der Waals surface area contributed by atoms with Crippen LogP contribution >= 0.6 is 0 Å². The van der Waals surface area contributed by atoms with Crippen LogP contribution in [0.2, 0.25) is 48.4 Å². The van der Waals surface area contributed by atoms with Crippen molar-refractivity contribution in [3.8, 4) is 0 Å². The summed E-state index contributed by atoms with van der Waals surface area (Å²) in [5.74, 6) is 0.833. The van der Waals surface area contributed by atoms with Gasteiger partial charge in [-0.2, -0.15) is 0 Å². The Morgan fingerprint density at radius 1 is 0.397 bits per heavy atom. The zero-order valence-corrected chi connectivity index (χ0v) is 45.9. The molecule has 0 aromatic heterocycles. The van der Waals surface area contributed by atoms with Gasteiger partial charge in [-0.25, -0.2) is 0 Å². The summed E-state index contributed by atoms with van der Waals surface area (Å²) in [6.45, 7) is 34.5. The molecule has 330 valence electrons. The maximum Gasteiger partial charge on any atom is 0.479 e. The first kappa shape index (κ1) is 47.7. The highest BCUT2D eigenvalue weighted by molar-refractivity contribution is 7.03. The van der Waals surface area contributed by atoms with Gasteiger partial charge in [0.1, 0.15) is 0 Å². The summed E-state index contributed by atoms with van der Waals surface area (Å²) in [4.78, 5) is 0. The Morgan fingerprint density at radius 3 is 0.862 bits per heavy atom. The minimum atomic E-state index is -4.02. The first-order valence-corrected chi connectivity index (χ1v) is 37.5. The van der Waals surface area contributed by atoms with E-state index in [0.29, 0.717) is 54.8 Å². The highest BCUT2D eigenvalue weighted by Gasteiger charge is 2.83. The molecule has 0 radical (unpaired) electrons. The summed E-state index contributed by atoms with van der Waals surface area (Å²) in [6, 6.07) is 12.2. The van der Waals surface area contributed by atoms with Crippen molar-refractivity contribution < 1.29 is 49.4 Å². The zero-order valence-electron chi connectivity index (χ0n) is 37.9. The Balaban J connectivity index is 1.73. The normalized spacial score (nSPS) is 38.6. The van der Waals surface area contributed by atoms with Crippen molar-refractivity contribution in [1.29, 1.82) is 0 Å². The third kappa shape index (κ3) is 10.9. The van der Waals surface area contributed by atoms with Gasteiger partial charge in [-0.05, 0) is 59.0 Å². The van der Waals surface area contributed by atoms with Gasteiger partial charge in [0.25, 0.3) is 0 Å². The van der Waals surface area contributed by atoms with Crippen molar-refractivity contribution in [3.63, 3.8) is 0 Å². The van der Waals surface area contributed by atoms with Crippen LogP contribution in [0.1, 0.15) is 108 Å². The molecule has 7 rings (SSSR count). The van der Waals surface area contributed by atoms with Crippen LogP contribution in [0.5, 0.6) is 0 Å². The van der Waals surface area contributed by atoms with Crippen LogP contribution in [0.15, 0.2) is 30.8 Å². The lowest BCUT2D eigenvalue weighted by atomic mass is 10.1.